The van der Waals surface area contributed by atoms with Gasteiger partial charge >= 0.3 is 0 Å². The predicted molar refractivity (Wildman–Crippen MR) is 89.9 cm³/mol. The van der Waals surface area contributed by atoms with Crippen molar-refractivity contribution in [2.45, 2.75) is 25.8 Å². The van der Waals surface area contributed by atoms with Crippen molar-refractivity contribution in [3.8, 4) is 0 Å². The molecule has 1 atom stereocenters. The molecule has 126 valence electrons. The summed E-state index contributed by atoms with van der Waals surface area (Å²) in [4.78, 5) is 21.6. The first-order chi connectivity index (χ1) is 11.2. The van der Waals surface area contributed by atoms with Gasteiger partial charge in [0.05, 0.1) is 18.8 Å². The largest absolute Gasteiger partial charge is 0.379 e. The van der Waals surface area contributed by atoms with E-state index in [0.717, 1.165) is 51.8 Å². The molecule has 6 nitrogen and oxygen atoms in total. The fourth-order valence-corrected chi connectivity index (χ4v) is 3.27. The van der Waals surface area contributed by atoms with Gasteiger partial charge in [0.15, 0.2) is 0 Å². The number of aromatic nitrogens is 1. The monoisotopic (exact) mass is 318 g/mol. The Balaban J connectivity index is 1.61. The fourth-order valence-electron chi connectivity index (χ4n) is 3.27. The molecule has 0 radical (unpaired) electrons. The lowest BCUT2D eigenvalue weighted by molar-refractivity contribution is 0.0342. The number of hydrogen-bond acceptors (Lipinski definition) is 5. The van der Waals surface area contributed by atoms with E-state index < -0.39 is 0 Å². The standard InChI is InChI=1S/C17H26N4O2/c1-14(13-20-9-11-23-12-10-20)19-17(22)15-5-4-6-18-16(15)21-7-2-3-8-21/h4-6,14H,2-3,7-13H2,1H3,(H,19,22)/t14-/m0/s1. The molecule has 1 aromatic heterocycles. The molecule has 1 amide bonds. The summed E-state index contributed by atoms with van der Waals surface area (Å²) in [5.74, 6) is 0.793. The summed E-state index contributed by atoms with van der Waals surface area (Å²) in [6, 6.07) is 3.81. The van der Waals surface area contributed by atoms with Crippen LogP contribution in [0.15, 0.2) is 18.3 Å². The number of hydrogen-bond donors (Lipinski definition) is 1. The van der Waals surface area contributed by atoms with Crippen molar-refractivity contribution in [2.75, 3.05) is 50.8 Å². The molecule has 1 N–H and O–H groups in total. The molecule has 0 unspecified atom stereocenters. The van der Waals surface area contributed by atoms with Crippen molar-refractivity contribution in [2.24, 2.45) is 0 Å². The minimum absolute atomic E-state index is 0.0271. The Morgan fingerprint density at radius 2 is 2.04 bits per heavy atom. The highest BCUT2D eigenvalue weighted by Gasteiger charge is 2.22. The molecule has 2 aliphatic rings. The Hall–Kier alpha value is -1.66. The van der Waals surface area contributed by atoms with Crippen LogP contribution in [0.4, 0.5) is 5.82 Å². The molecule has 6 heteroatoms. The van der Waals surface area contributed by atoms with Crippen LogP contribution in [0.3, 0.4) is 0 Å². The van der Waals surface area contributed by atoms with E-state index in [4.69, 9.17) is 4.74 Å². The Morgan fingerprint density at radius 3 is 2.78 bits per heavy atom. The Morgan fingerprint density at radius 1 is 1.30 bits per heavy atom. The van der Waals surface area contributed by atoms with Crippen LogP contribution in [0, 0.1) is 0 Å². The topological polar surface area (TPSA) is 57.7 Å². The van der Waals surface area contributed by atoms with Gasteiger partial charge in [0.2, 0.25) is 0 Å². The van der Waals surface area contributed by atoms with E-state index in [9.17, 15) is 4.79 Å². The second-order valence-corrected chi connectivity index (χ2v) is 6.36. The van der Waals surface area contributed by atoms with E-state index in [2.05, 4.69) is 27.0 Å². The van der Waals surface area contributed by atoms with Crippen molar-refractivity contribution < 1.29 is 9.53 Å². The highest BCUT2D eigenvalue weighted by molar-refractivity contribution is 5.99. The summed E-state index contributed by atoms with van der Waals surface area (Å²) in [5.41, 5.74) is 0.684. The molecule has 2 fully saturated rings. The van der Waals surface area contributed by atoms with Crippen LogP contribution in [-0.4, -0.2) is 67.8 Å². The summed E-state index contributed by atoms with van der Waals surface area (Å²) >= 11 is 0. The second kappa shape index (κ2) is 7.75. The number of pyridine rings is 1. The van der Waals surface area contributed by atoms with E-state index in [0.29, 0.717) is 5.56 Å². The summed E-state index contributed by atoms with van der Waals surface area (Å²) < 4.78 is 5.36. The van der Waals surface area contributed by atoms with Gasteiger partial charge in [0.25, 0.3) is 5.91 Å². The highest BCUT2D eigenvalue weighted by Crippen LogP contribution is 2.21. The van der Waals surface area contributed by atoms with E-state index in [-0.39, 0.29) is 11.9 Å². The number of ether oxygens (including phenoxy) is 1. The van der Waals surface area contributed by atoms with Crippen LogP contribution in [0.5, 0.6) is 0 Å². The van der Waals surface area contributed by atoms with Gasteiger partial charge in [-0.1, -0.05) is 0 Å². The van der Waals surface area contributed by atoms with E-state index >= 15 is 0 Å². The smallest absolute Gasteiger partial charge is 0.255 e. The Kier molecular flexibility index (Phi) is 5.46. The number of nitrogens with one attached hydrogen (secondary N) is 1. The molecular weight excluding hydrogens is 292 g/mol. The fraction of sp³-hybridized carbons (Fsp3) is 0.647. The number of morpholine rings is 1. The molecule has 3 heterocycles. The molecule has 2 aliphatic heterocycles. The third-order valence-electron chi connectivity index (χ3n) is 4.45. The van der Waals surface area contributed by atoms with Crippen LogP contribution < -0.4 is 10.2 Å². The van der Waals surface area contributed by atoms with Crippen LogP contribution in [0.25, 0.3) is 0 Å². The summed E-state index contributed by atoms with van der Waals surface area (Å²) in [6.45, 7) is 8.32. The van der Waals surface area contributed by atoms with Gasteiger partial charge < -0.3 is 15.0 Å². The maximum absolute atomic E-state index is 12.7. The zero-order chi connectivity index (χ0) is 16.1. The lowest BCUT2D eigenvalue weighted by Gasteiger charge is -2.29. The number of amides is 1. The van der Waals surface area contributed by atoms with Gasteiger partial charge in [-0.15, -0.1) is 0 Å². The maximum atomic E-state index is 12.7. The minimum atomic E-state index is -0.0271. The van der Waals surface area contributed by atoms with Crippen LogP contribution in [0.1, 0.15) is 30.1 Å². The average molecular weight is 318 g/mol. The Bertz CT molecular complexity index is 525. The SMILES string of the molecule is C[C@@H](CN1CCOCC1)NC(=O)c1cccnc1N1CCCC1. The molecule has 1 aromatic rings. The maximum Gasteiger partial charge on any atom is 0.255 e. The summed E-state index contributed by atoms with van der Waals surface area (Å²) in [6.07, 6.45) is 4.11. The van der Waals surface area contributed by atoms with Gasteiger partial charge in [0, 0.05) is 45.0 Å². The molecule has 3 rings (SSSR count). The zero-order valence-corrected chi connectivity index (χ0v) is 13.8. The number of carbonyl (C=O) groups is 1. The molecule has 0 saturated carbocycles. The molecule has 0 aromatic carbocycles. The van der Waals surface area contributed by atoms with Gasteiger partial charge in [-0.05, 0) is 31.9 Å². The lowest BCUT2D eigenvalue weighted by atomic mass is 10.2. The molecule has 2 saturated heterocycles. The van der Waals surface area contributed by atoms with Crippen molar-refractivity contribution in [1.82, 2.24) is 15.2 Å². The van der Waals surface area contributed by atoms with E-state index in [1.807, 2.05) is 12.1 Å². The van der Waals surface area contributed by atoms with Crippen LogP contribution in [-0.2, 0) is 4.74 Å². The first-order valence-corrected chi connectivity index (χ1v) is 8.55. The quantitative estimate of drug-likeness (QED) is 0.882. The number of rotatable bonds is 5. The van der Waals surface area contributed by atoms with Crippen molar-refractivity contribution in [3.63, 3.8) is 0 Å². The second-order valence-electron chi connectivity index (χ2n) is 6.36. The van der Waals surface area contributed by atoms with Gasteiger partial charge in [-0.3, -0.25) is 9.69 Å². The third kappa shape index (κ3) is 4.20. The Labute approximate surface area is 137 Å². The van der Waals surface area contributed by atoms with Gasteiger partial charge in [0.1, 0.15) is 5.82 Å². The lowest BCUT2D eigenvalue weighted by Crippen LogP contribution is -2.46. The number of anilines is 1. The third-order valence-corrected chi connectivity index (χ3v) is 4.45. The predicted octanol–water partition coefficient (Wildman–Crippen LogP) is 1.13. The minimum Gasteiger partial charge on any atom is -0.379 e. The average Bonchev–Trinajstić information content (AvgIpc) is 3.10. The first kappa shape index (κ1) is 16.2. The van der Waals surface area contributed by atoms with Crippen LogP contribution in [0.2, 0.25) is 0 Å². The van der Waals surface area contributed by atoms with Crippen molar-refractivity contribution >= 4 is 11.7 Å². The molecular formula is C17H26N4O2. The molecule has 23 heavy (non-hydrogen) atoms. The van der Waals surface area contributed by atoms with Crippen LogP contribution >= 0.6 is 0 Å². The van der Waals surface area contributed by atoms with E-state index in [1.165, 1.54) is 12.8 Å². The first-order valence-electron chi connectivity index (χ1n) is 8.55. The molecule has 0 bridgehead atoms. The van der Waals surface area contributed by atoms with Crippen molar-refractivity contribution in [3.05, 3.63) is 23.9 Å². The summed E-state index contributed by atoms with van der Waals surface area (Å²) in [7, 11) is 0. The normalized spacial score (nSPS) is 20.5. The summed E-state index contributed by atoms with van der Waals surface area (Å²) in [5, 5.41) is 3.12. The molecule has 0 aliphatic carbocycles. The molecule has 0 spiro atoms. The number of nitrogens with zero attached hydrogens (tertiary/aromatic N) is 3. The number of carbonyl (C=O) groups excluding carboxylic acids is 1. The van der Waals surface area contributed by atoms with Crippen molar-refractivity contribution in [1.29, 1.82) is 0 Å². The van der Waals surface area contributed by atoms with Gasteiger partial charge in [-0.2, -0.15) is 0 Å². The van der Waals surface area contributed by atoms with Gasteiger partial charge in [-0.25, -0.2) is 4.98 Å². The van der Waals surface area contributed by atoms with E-state index in [1.54, 1.807) is 6.20 Å². The zero-order valence-electron chi connectivity index (χ0n) is 13.8. The highest BCUT2D eigenvalue weighted by atomic mass is 16.5.